The van der Waals surface area contributed by atoms with Gasteiger partial charge in [-0.15, -0.1) is 0 Å². The number of ketones is 1. The number of halogens is 2. The van der Waals surface area contributed by atoms with Gasteiger partial charge in [0.25, 0.3) is 11.5 Å². The Balaban J connectivity index is 0.00000149. The van der Waals surface area contributed by atoms with Crippen molar-refractivity contribution in [2.24, 2.45) is 0 Å². The molecule has 0 saturated heterocycles. The molecule has 33 heavy (non-hydrogen) atoms. The van der Waals surface area contributed by atoms with Gasteiger partial charge in [0.1, 0.15) is 11.3 Å². The van der Waals surface area contributed by atoms with Crippen molar-refractivity contribution < 1.29 is 14.0 Å². The molecule has 0 aliphatic heterocycles. The van der Waals surface area contributed by atoms with E-state index in [0.29, 0.717) is 10.6 Å². The van der Waals surface area contributed by atoms with Crippen molar-refractivity contribution in [2.45, 2.75) is 20.0 Å². The fraction of sp³-hybridized carbons (Fsp3) is 0.120. The fourth-order valence-corrected chi connectivity index (χ4v) is 3.27. The zero-order chi connectivity index (χ0) is 24.0. The van der Waals surface area contributed by atoms with Crippen molar-refractivity contribution in [3.8, 4) is 0 Å². The smallest absolute Gasteiger partial charge is 0.279 e. The molecule has 0 saturated carbocycles. The van der Waals surface area contributed by atoms with Gasteiger partial charge >= 0.3 is 0 Å². The number of Topliss-reactive ketones (excluding diaryl/α,β-unsaturated/α-hetero) is 1. The maximum Gasteiger partial charge on any atom is 0.279 e. The highest BCUT2D eigenvalue weighted by atomic mass is 35.5. The maximum atomic E-state index is 13.5. The van der Waals surface area contributed by atoms with Gasteiger partial charge in [0.2, 0.25) is 5.78 Å². The number of carbonyl (C=O) groups excluding carboxylic acids is 2. The second kappa shape index (κ2) is 10.7. The number of amides is 1. The van der Waals surface area contributed by atoms with E-state index in [1.165, 1.54) is 30.5 Å². The quantitative estimate of drug-likeness (QED) is 0.419. The summed E-state index contributed by atoms with van der Waals surface area (Å²) < 4.78 is 14.6. The van der Waals surface area contributed by atoms with Crippen LogP contribution >= 0.6 is 11.6 Å². The first-order valence-corrected chi connectivity index (χ1v) is 10.6. The molecule has 2 aromatic carbocycles. The van der Waals surface area contributed by atoms with Gasteiger partial charge in [-0.3, -0.25) is 19.0 Å². The first-order valence-electron chi connectivity index (χ1n) is 10.3. The van der Waals surface area contributed by atoms with Crippen LogP contribution < -0.4 is 10.9 Å². The first kappa shape index (κ1) is 23.8. The molecule has 1 amide bonds. The van der Waals surface area contributed by atoms with Gasteiger partial charge < -0.3 is 5.32 Å². The molecule has 8 heteroatoms. The Labute approximate surface area is 194 Å². The molecule has 4 aromatic rings. The molecule has 0 aliphatic carbocycles. The number of rotatable bonds is 5. The molecule has 2 heterocycles. The van der Waals surface area contributed by atoms with Crippen molar-refractivity contribution in [3.63, 3.8) is 0 Å². The Kier molecular flexibility index (Phi) is 7.69. The Morgan fingerprint density at radius 3 is 2.33 bits per heavy atom. The minimum atomic E-state index is -1.35. The Morgan fingerprint density at radius 2 is 1.67 bits per heavy atom. The van der Waals surface area contributed by atoms with Gasteiger partial charge in [-0.05, 0) is 48.5 Å². The summed E-state index contributed by atoms with van der Waals surface area (Å²) in [5.41, 5.74) is -0.0859. The molecule has 4 rings (SSSR count). The highest BCUT2D eigenvalue weighted by Crippen LogP contribution is 2.17. The molecule has 1 unspecified atom stereocenters. The third kappa shape index (κ3) is 5.32. The Morgan fingerprint density at radius 1 is 1.00 bits per heavy atom. The number of nitrogens with zero attached hydrogens (tertiary/aromatic N) is 2. The van der Waals surface area contributed by atoms with Crippen molar-refractivity contribution in [1.29, 1.82) is 0 Å². The number of fused-ring (bicyclic) bond motifs is 1. The molecule has 6 nitrogen and oxygen atoms in total. The van der Waals surface area contributed by atoms with E-state index < -0.39 is 29.2 Å². The number of pyridine rings is 2. The van der Waals surface area contributed by atoms with E-state index in [0.717, 1.165) is 10.8 Å². The lowest BCUT2D eigenvalue weighted by atomic mass is 10.1. The standard InChI is InChI=1S/C23H15ClFN3O3.C2H6/c24-17-8-6-14(7-9-17)20(29)21(27-22(30)15-4-2-1-3-5-15)28-11-10-16-12-18(25)13-26-19(16)23(28)31;1-2/h1-13,21H,(H,27,30);1-2H3. The first-order chi connectivity index (χ1) is 15.9. The Bertz CT molecular complexity index is 1340. The number of carbonyl (C=O) groups is 2. The number of benzene rings is 2. The topological polar surface area (TPSA) is 81.1 Å². The second-order valence-electron chi connectivity index (χ2n) is 6.73. The van der Waals surface area contributed by atoms with Crippen molar-refractivity contribution in [2.75, 3.05) is 0 Å². The van der Waals surface area contributed by atoms with Crippen LogP contribution in [0.2, 0.25) is 5.02 Å². The van der Waals surface area contributed by atoms with Crippen LogP contribution in [0.4, 0.5) is 4.39 Å². The van der Waals surface area contributed by atoms with Gasteiger partial charge in [-0.25, -0.2) is 9.37 Å². The second-order valence-corrected chi connectivity index (χ2v) is 7.17. The highest BCUT2D eigenvalue weighted by molar-refractivity contribution is 6.30. The summed E-state index contributed by atoms with van der Waals surface area (Å²) in [5, 5.41) is 3.34. The lowest BCUT2D eigenvalue weighted by Gasteiger charge is -2.21. The number of nitrogens with one attached hydrogen (secondary N) is 1. The highest BCUT2D eigenvalue weighted by Gasteiger charge is 2.26. The third-order valence-corrected chi connectivity index (χ3v) is 4.95. The normalized spacial score (nSPS) is 11.3. The van der Waals surface area contributed by atoms with E-state index >= 15 is 0 Å². The molecular formula is C25H21ClFN3O3. The number of hydrogen-bond acceptors (Lipinski definition) is 4. The molecule has 0 fully saturated rings. The molecule has 0 radical (unpaired) electrons. The SMILES string of the molecule is CC.O=C(NC(C(=O)c1ccc(Cl)cc1)n1ccc2cc(F)cnc2c1=O)c1ccccc1. The molecule has 1 atom stereocenters. The van der Waals surface area contributed by atoms with E-state index in [1.54, 1.807) is 42.5 Å². The van der Waals surface area contributed by atoms with Crippen LogP contribution in [0.1, 0.15) is 40.7 Å². The molecule has 1 N–H and O–H groups in total. The summed E-state index contributed by atoms with van der Waals surface area (Å²) in [7, 11) is 0. The molecular weight excluding hydrogens is 445 g/mol. The number of hydrogen-bond donors (Lipinski definition) is 1. The van der Waals surface area contributed by atoms with Crippen LogP contribution in [0.5, 0.6) is 0 Å². The molecule has 168 valence electrons. The van der Waals surface area contributed by atoms with Gasteiger partial charge in [-0.2, -0.15) is 0 Å². The monoisotopic (exact) mass is 465 g/mol. The zero-order valence-corrected chi connectivity index (χ0v) is 18.7. The lowest BCUT2D eigenvalue weighted by molar-refractivity contribution is 0.0813. The number of aromatic nitrogens is 2. The molecule has 0 aliphatic rings. The predicted octanol–water partition coefficient (Wildman–Crippen LogP) is 5.03. The van der Waals surface area contributed by atoms with Crippen LogP contribution in [-0.2, 0) is 0 Å². The summed E-state index contributed by atoms with van der Waals surface area (Å²) in [5.74, 6) is -1.65. The van der Waals surface area contributed by atoms with Crippen molar-refractivity contribution in [3.05, 3.63) is 111 Å². The lowest BCUT2D eigenvalue weighted by Crippen LogP contribution is -2.42. The van der Waals surface area contributed by atoms with Crippen LogP contribution in [-0.4, -0.2) is 21.2 Å². The van der Waals surface area contributed by atoms with E-state index in [-0.39, 0.29) is 16.5 Å². The minimum Gasteiger partial charge on any atom is -0.325 e. The molecule has 0 spiro atoms. The predicted molar refractivity (Wildman–Crippen MR) is 126 cm³/mol. The average Bonchev–Trinajstić information content (AvgIpc) is 2.85. The van der Waals surface area contributed by atoms with E-state index in [9.17, 15) is 18.8 Å². The van der Waals surface area contributed by atoms with Gasteiger partial charge in [0.05, 0.1) is 6.20 Å². The van der Waals surface area contributed by atoms with E-state index in [1.807, 2.05) is 13.8 Å². The van der Waals surface area contributed by atoms with Crippen molar-refractivity contribution >= 4 is 34.2 Å². The third-order valence-electron chi connectivity index (χ3n) is 4.69. The molecule has 2 aromatic heterocycles. The summed E-state index contributed by atoms with van der Waals surface area (Å²) in [4.78, 5) is 42.9. The summed E-state index contributed by atoms with van der Waals surface area (Å²) in [6.45, 7) is 4.00. The Hall–Kier alpha value is -3.84. The largest absolute Gasteiger partial charge is 0.325 e. The summed E-state index contributed by atoms with van der Waals surface area (Å²) in [6.07, 6.45) is 0.903. The average molecular weight is 466 g/mol. The van der Waals surface area contributed by atoms with Gasteiger partial charge in [0.15, 0.2) is 6.17 Å². The van der Waals surface area contributed by atoms with Gasteiger partial charge in [-0.1, -0.05) is 43.6 Å². The van der Waals surface area contributed by atoms with Crippen LogP contribution in [0.3, 0.4) is 0 Å². The minimum absolute atomic E-state index is 0.0215. The summed E-state index contributed by atoms with van der Waals surface area (Å²) in [6, 6.07) is 17.0. The van der Waals surface area contributed by atoms with Crippen LogP contribution in [0.25, 0.3) is 10.9 Å². The van der Waals surface area contributed by atoms with E-state index in [4.69, 9.17) is 11.6 Å². The maximum absolute atomic E-state index is 13.5. The van der Waals surface area contributed by atoms with Crippen LogP contribution in [0.15, 0.2) is 83.9 Å². The molecule has 0 bridgehead atoms. The van der Waals surface area contributed by atoms with Crippen LogP contribution in [0, 0.1) is 5.82 Å². The van der Waals surface area contributed by atoms with Gasteiger partial charge in [0, 0.05) is 27.7 Å². The zero-order valence-electron chi connectivity index (χ0n) is 18.0. The summed E-state index contributed by atoms with van der Waals surface area (Å²) >= 11 is 5.91. The fourth-order valence-electron chi connectivity index (χ4n) is 3.15. The van der Waals surface area contributed by atoms with E-state index in [2.05, 4.69) is 10.3 Å². The van der Waals surface area contributed by atoms with Crippen molar-refractivity contribution in [1.82, 2.24) is 14.9 Å².